The van der Waals surface area contributed by atoms with E-state index >= 15 is 0 Å². The molecule has 1 saturated heterocycles. The van der Waals surface area contributed by atoms with E-state index in [9.17, 15) is 0 Å². The molecule has 1 aromatic carbocycles. The van der Waals surface area contributed by atoms with Gasteiger partial charge in [-0.25, -0.2) is 4.98 Å². The molecule has 3 aromatic rings. The van der Waals surface area contributed by atoms with Gasteiger partial charge < -0.3 is 19.8 Å². The van der Waals surface area contributed by atoms with Crippen LogP contribution >= 0.6 is 24.0 Å². The third-order valence-electron chi connectivity index (χ3n) is 5.44. The van der Waals surface area contributed by atoms with Gasteiger partial charge in [0.1, 0.15) is 11.6 Å². The quantitative estimate of drug-likeness (QED) is 0.225. The van der Waals surface area contributed by atoms with E-state index in [2.05, 4.69) is 47.8 Å². The first-order valence-corrected chi connectivity index (χ1v) is 10.5. The van der Waals surface area contributed by atoms with Crippen LogP contribution in [0.15, 0.2) is 52.1 Å². The second-order valence-electron chi connectivity index (χ2n) is 7.43. The molecule has 32 heavy (non-hydrogen) atoms. The summed E-state index contributed by atoms with van der Waals surface area (Å²) in [6.07, 6.45) is 4.07. The average molecular weight is 551 g/mol. The van der Waals surface area contributed by atoms with Gasteiger partial charge in [0, 0.05) is 13.6 Å². The van der Waals surface area contributed by atoms with Crippen molar-refractivity contribution < 1.29 is 9.15 Å². The van der Waals surface area contributed by atoms with Crippen LogP contribution in [0.4, 0.5) is 0 Å². The molecule has 1 aliphatic heterocycles. The van der Waals surface area contributed by atoms with E-state index in [1.807, 2.05) is 24.3 Å². The maximum atomic E-state index is 5.43. The monoisotopic (exact) mass is 551 g/mol. The molecule has 9 nitrogen and oxygen atoms in total. The molecular weight excluding hydrogens is 521 g/mol. The highest BCUT2D eigenvalue weighted by molar-refractivity contribution is 14.0. The molecule has 3 N–H and O–H groups in total. The number of hydrogen-bond donors (Lipinski definition) is 3. The van der Waals surface area contributed by atoms with Crippen molar-refractivity contribution in [1.82, 2.24) is 30.7 Å². The lowest BCUT2D eigenvalue weighted by Gasteiger charge is -2.29. The van der Waals surface area contributed by atoms with E-state index in [0.29, 0.717) is 29.9 Å². The lowest BCUT2D eigenvalue weighted by molar-refractivity contribution is 0.245. The predicted molar refractivity (Wildman–Crippen MR) is 134 cm³/mol. The zero-order valence-electron chi connectivity index (χ0n) is 18.4. The van der Waals surface area contributed by atoms with Gasteiger partial charge in [0.2, 0.25) is 5.82 Å². The van der Waals surface area contributed by atoms with Gasteiger partial charge in [0.25, 0.3) is 0 Å². The minimum absolute atomic E-state index is 0. The zero-order chi connectivity index (χ0) is 21.5. The topological polar surface area (TPSA) is 104 Å². The summed E-state index contributed by atoms with van der Waals surface area (Å²) in [6.45, 7) is 3.41. The van der Waals surface area contributed by atoms with E-state index in [1.54, 1.807) is 20.4 Å². The summed E-state index contributed by atoms with van der Waals surface area (Å²) in [5.41, 5.74) is 1.24. The average Bonchev–Trinajstić information content (AvgIpc) is 3.58. The van der Waals surface area contributed by atoms with Crippen molar-refractivity contribution in [3.8, 4) is 17.3 Å². The minimum Gasteiger partial charge on any atom is -0.497 e. The Morgan fingerprint density at radius 3 is 2.81 bits per heavy atom. The zero-order valence-corrected chi connectivity index (χ0v) is 20.7. The van der Waals surface area contributed by atoms with Gasteiger partial charge in [0.15, 0.2) is 11.7 Å². The first-order valence-electron chi connectivity index (χ1n) is 10.5. The first-order chi connectivity index (χ1) is 15.3. The van der Waals surface area contributed by atoms with Gasteiger partial charge >= 0.3 is 0 Å². The van der Waals surface area contributed by atoms with Crippen LogP contribution in [0, 0.1) is 0 Å². The van der Waals surface area contributed by atoms with E-state index < -0.39 is 0 Å². The molecule has 4 rings (SSSR count). The highest BCUT2D eigenvalue weighted by Crippen LogP contribution is 2.27. The molecule has 1 fully saturated rings. The summed E-state index contributed by atoms with van der Waals surface area (Å²) >= 11 is 0. The number of nitrogens with one attached hydrogen (secondary N) is 3. The van der Waals surface area contributed by atoms with Crippen LogP contribution in [-0.2, 0) is 6.54 Å². The van der Waals surface area contributed by atoms with Gasteiger partial charge in [-0.3, -0.25) is 15.0 Å². The molecule has 0 amide bonds. The number of benzene rings is 1. The van der Waals surface area contributed by atoms with Crippen LogP contribution in [0.3, 0.4) is 0 Å². The molecule has 0 aliphatic carbocycles. The number of nitrogens with zero attached hydrogens (tertiary/aromatic N) is 4. The Morgan fingerprint density at radius 1 is 1.25 bits per heavy atom. The Morgan fingerprint density at radius 2 is 2.09 bits per heavy atom. The summed E-state index contributed by atoms with van der Waals surface area (Å²) in [5, 5.41) is 13.9. The number of ether oxygens (including phenoxy) is 1. The van der Waals surface area contributed by atoms with E-state index in [-0.39, 0.29) is 30.0 Å². The second kappa shape index (κ2) is 11.9. The Kier molecular flexibility index (Phi) is 8.91. The normalized spacial score (nSPS) is 15.2. The van der Waals surface area contributed by atoms with Gasteiger partial charge in [-0.05, 0) is 55.8 Å². The molecule has 3 heterocycles. The third kappa shape index (κ3) is 6.00. The number of aromatic amines is 1. The highest BCUT2D eigenvalue weighted by atomic mass is 127. The first kappa shape index (κ1) is 24.1. The number of aliphatic imine (C=N–C) groups is 1. The molecular formula is C22H30IN7O2. The molecule has 0 saturated carbocycles. The van der Waals surface area contributed by atoms with Gasteiger partial charge in [-0.15, -0.1) is 29.1 Å². The molecule has 1 atom stereocenters. The third-order valence-corrected chi connectivity index (χ3v) is 5.44. The SMILES string of the molecule is CN=C(NCc1nc(-c2ccco2)n[nH]1)NCC(c1cccc(OC)c1)N1CCCC1.I. The van der Waals surface area contributed by atoms with Crippen LogP contribution in [-0.4, -0.2) is 59.8 Å². The fourth-order valence-corrected chi connectivity index (χ4v) is 3.83. The van der Waals surface area contributed by atoms with Gasteiger partial charge in [0.05, 0.1) is 26.0 Å². The number of likely N-dealkylation sites (tertiary alicyclic amines) is 1. The van der Waals surface area contributed by atoms with Crippen LogP contribution in [0.2, 0.25) is 0 Å². The molecule has 0 bridgehead atoms. The van der Waals surface area contributed by atoms with E-state index in [4.69, 9.17) is 9.15 Å². The fourth-order valence-electron chi connectivity index (χ4n) is 3.83. The molecule has 10 heteroatoms. The van der Waals surface area contributed by atoms with Crippen molar-refractivity contribution in [3.63, 3.8) is 0 Å². The predicted octanol–water partition coefficient (Wildman–Crippen LogP) is 3.19. The molecule has 172 valence electrons. The van der Waals surface area contributed by atoms with E-state index in [0.717, 1.165) is 25.4 Å². The molecule has 0 spiro atoms. The number of furan rings is 1. The molecule has 0 radical (unpaired) electrons. The Labute approximate surface area is 205 Å². The summed E-state index contributed by atoms with van der Waals surface area (Å²) in [7, 11) is 3.47. The summed E-state index contributed by atoms with van der Waals surface area (Å²) in [6, 6.07) is 12.2. The largest absolute Gasteiger partial charge is 0.497 e. The Bertz CT molecular complexity index is 984. The maximum Gasteiger partial charge on any atom is 0.216 e. The van der Waals surface area contributed by atoms with E-state index in [1.165, 1.54) is 18.4 Å². The lowest BCUT2D eigenvalue weighted by Crippen LogP contribution is -2.42. The summed E-state index contributed by atoms with van der Waals surface area (Å²) in [4.78, 5) is 11.3. The smallest absolute Gasteiger partial charge is 0.216 e. The van der Waals surface area contributed by atoms with Crippen molar-refractivity contribution in [3.05, 3.63) is 54.0 Å². The van der Waals surface area contributed by atoms with Crippen LogP contribution < -0.4 is 15.4 Å². The number of H-pyrrole nitrogens is 1. The highest BCUT2D eigenvalue weighted by Gasteiger charge is 2.24. The van der Waals surface area contributed by atoms with Crippen molar-refractivity contribution in [2.45, 2.75) is 25.4 Å². The lowest BCUT2D eigenvalue weighted by atomic mass is 10.1. The van der Waals surface area contributed by atoms with Crippen molar-refractivity contribution in [2.24, 2.45) is 4.99 Å². The van der Waals surface area contributed by atoms with Crippen molar-refractivity contribution >= 4 is 29.9 Å². The number of halogens is 1. The Hall–Kier alpha value is -2.60. The van der Waals surface area contributed by atoms with Crippen LogP contribution in [0.5, 0.6) is 5.75 Å². The summed E-state index contributed by atoms with van der Waals surface area (Å²) in [5.74, 6) is 3.47. The second-order valence-corrected chi connectivity index (χ2v) is 7.43. The van der Waals surface area contributed by atoms with Gasteiger partial charge in [-0.2, -0.15) is 0 Å². The summed E-state index contributed by atoms with van der Waals surface area (Å²) < 4.78 is 10.8. The number of rotatable bonds is 8. The maximum absolute atomic E-state index is 5.43. The van der Waals surface area contributed by atoms with Crippen molar-refractivity contribution in [1.29, 1.82) is 0 Å². The number of methoxy groups -OCH3 is 1. The standard InChI is InChI=1S/C22H29N7O2.HI/c1-23-22(25-15-20-26-21(28-27-20)19-9-6-12-31-19)24-14-18(29-10-3-4-11-29)16-7-5-8-17(13-16)30-2;/h5-9,12-13,18H,3-4,10-11,14-15H2,1-2H3,(H2,23,24,25)(H,26,27,28);1H. The van der Waals surface area contributed by atoms with Crippen LogP contribution in [0.25, 0.3) is 11.6 Å². The molecule has 2 aromatic heterocycles. The molecule has 1 aliphatic rings. The molecule has 1 unspecified atom stereocenters. The minimum atomic E-state index is 0. The van der Waals surface area contributed by atoms with Crippen molar-refractivity contribution in [2.75, 3.05) is 33.8 Å². The Balaban J connectivity index is 0.00000289. The van der Waals surface area contributed by atoms with Gasteiger partial charge in [-0.1, -0.05) is 12.1 Å². The fraction of sp³-hybridized carbons (Fsp3) is 0.409. The van der Waals surface area contributed by atoms with Crippen LogP contribution in [0.1, 0.15) is 30.3 Å². The number of guanidine groups is 1. The number of aromatic nitrogens is 3. The number of hydrogen-bond acceptors (Lipinski definition) is 6.